The van der Waals surface area contributed by atoms with Crippen molar-refractivity contribution in [3.8, 4) is 11.4 Å². The van der Waals surface area contributed by atoms with E-state index >= 15 is 0 Å². The third-order valence-electron chi connectivity index (χ3n) is 6.76. The van der Waals surface area contributed by atoms with E-state index in [2.05, 4.69) is 66.5 Å². The van der Waals surface area contributed by atoms with Crippen LogP contribution >= 0.6 is 0 Å². The molecule has 1 fully saturated rings. The van der Waals surface area contributed by atoms with Crippen molar-refractivity contribution >= 4 is 5.82 Å². The zero-order chi connectivity index (χ0) is 24.3. The number of nitrogens with one attached hydrogen (secondary N) is 1. The van der Waals surface area contributed by atoms with Crippen LogP contribution in [-0.2, 0) is 0 Å². The van der Waals surface area contributed by atoms with E-state index in [1.807, 2.05) is 18.2 Å². The number of hydrogen-bond donors (Lipinski definition) is 1. The third-order valence-corrected chi connectivity index (χ3v) is 6.76. The molecule has 1 N–H and O–H groups in total. The predicted octanol–water partition coefficient (Wildman–Crippen LogP) is 8.38. The first-order chi connectivity index (χ1) is 16.5. The van der Waals surface area contributed by atoms with Crippen LogP contribution in [-0.4, -0.2) is 15.1 Å². The van der Waals surface area contributed by atoms with Gasteiger partial charge in [-0.2, -0.15) is 4.98 Å². The number of rotatable bonds is 12. The van der Waals surface area contributed by atoms with Crippen LogP contribution in [0.2, 0.25) is 0 Å². The summed E-state index contributed by atoms with van der Waals surface area (Å²) in [7, 11) is 0. The molecule has 2 heterocycles. The van der Waals surface area contributed by atoms with Crippen LogP contribution in [0.3, 0.4) is 0 Å². The summed E-state index contributed by atoms with van der Waals surface area (Å²) in [5.74, 6) is 3.06. The van der Waals surface area contributed by atoms with Crippen molar-refractivity contribution in [1.82, 2.24) is 15.1 Å². The molecule has 1 saturated carbocycles. The van der Waals surface area contributed by atoms with Gasteiger partial charge in [0.05, 0.1) is 0 Å². The molecule has 5 nitrogen and oxygen atoms in total. The summed E-state index contributed by atoms with van der Waals surface area (Å²) in [6, 6.07) is 3.85. The maximum atomic E-state index is 5.54. The van der Waals surface area contributed by atoms with Crippen molar-refractivity contribution < 1.29 is 4.52 Å². The number of unbranched alkanes of at least 4 members (excludes halogenated alkanes) is 2. The SMILES string of the molecule is C=C(/C=C\C=C(/C)C(C)CCCCC)C(=C)Nc1ccc(-c2noc(C3CCCCC3)n2)cn1. The minimum Gasteiger partial charge on any atom is -0.340 e. The molecule has 182 valence electrons. The number of aromatic nitrogens is 3. The van der Waals surface area contributed by atoms with Gasteiger partial charge in [-0.15, -0.1) is 0 Å². The Morgan fingerprint density at radius 1 is 1.21 bits per heavy atom. The fourth-order valence-electron chi connectivity index (χ4n) is 4.21. The van der Waals surface area contributed by atoms with Gasteiger partial charge in [-0.1, -0.05) is 94.5 Å². The van der Waals surface area contributed by atoms with E-state index in [9.17, 15) is 0 Å². The molecule has 0 bridgehead atoms. The zero-order valence-electron chi connectivity index (χ0n) is 21.1. The highest BCUT2D eigenvalue weighted by Crippen LogP contribution is 2.32. The second kappa shape index (κ2) is 13.1. The van der Waals surface area contributed by atoms with Crippen LogP contribution in [0.5, 0.6) is 0 Å². The molecular formula is C29H40N4O. The molecule has 1 atom stereocenters. The molecule has 2 aromatic heterocycles. The summed E-state index contributed by atoms with van der Waals surface area (Å²) in [5.41, 5.74) is 3.78. The summed E-state index contributed by atoms with van der Waals surface area (Å²) in [6.45, 7) is 15.0. The highest BCUT2D eigenvalue weighted by atomic mass is 16.5. The Balaban J connectivity index is 1.51. The Labute approximate surface area is 205 Å². The molecule has 1 aliphatic carbocycles. The molecule has 34 heavy (non-hydrogen) atoms. The number of allylic oxidation sites excluding steroid dienone is 4. The summed E-state index contributed by atoms with van der Waals surface area (Å²) in [6.07, 6.45) is 19.1. The lowest BCUT2D eigenvalue weighted by Crippen LogP contribution is -2.04. The fraction of sp³-hybridized carbons (Fsp3) is 0.483. The molecule has 1 aliphatic rings. The first-order valence-electron chi connectivity index (χ1n) is 12.8. The van der Waals surface area contributed by atoms with Gasteiger partial charge in [-0.05, 0) is 49.8 Å². The van der Waals surface area contributed by atoms with Crippen LogP contribution in [0, 0.1) is 5.92 Å². The number of hydrogen-bond acceptors (Lipinski definition) is 5. The van der Waals surface area contributed by atoms with Gasteiger partial charge in [0.25, 0.3) is 0 Å². The Morgan fingerprint density at radius 2 is 2.00 bits per heavy atom. The molecule has 2 aromatic rings. The minimum absolute atomic E-state index is 0.397. The molecule has 1 unspecified atom stereocenters. The van der Waals surface area contributed by atoms with Crippen LogP contribution < -0.4 is 5.32 Å². The number of pyridine rings is 1. The second-order valence-electron chi connectivity index (χ2n) is 9.52. The van der Waals surface area contributed by atoms with Crippen molar-refractivity contribution in [3.05, 3.63) is 72.4 Å². The lowest BCUT2D eigenvalue weighted by molar-refractivity contribution is 0.314. The predicted molar refractivity (Wildman–Crippen MR) is 141 cm³/mol. The highest BCUT2D eigenvalue weighted by molar-refractivity contribution is 5.57. The maximum absolute atomic E-state index is 5.54. The molecule has 3 rings (SSSR count). The average molecular weight is 461 g/mol. The second-order valence-corrected chi connectivity index (χ2v) is 9.52. The Kier molecular flexibility index (Phi) is 9.87. The number of nitrogens with zero attached hydrogens (tertiary/aromatic N) is 3. The Hall–Kier alpha value is -2.95. The molecular weight excluding hydrogens is 420 g/mol. The highest BCUT2D eigenvalue weighted by Gasteiger charge is 2.22. The summed E-state index contributed by atoms with van der Waals surface area (Å²) >= 11 is 0. The summed E-state index contributed by atoms with van der Waals surface area (Å²) in [4.78, 5) is 9.12. The van der Waals surface area contributed by atoms with Gasteiger partial charge >= 0.3 is 0 Å². The molecule has 0 spiro atoms. The monoisotopic (exact) mass is 460 g/mol. The van der Waals surface area contributed by atoms with E-state index in [0.29, 0.717) is 23.5 Å². The topological polar surface area (TPSA) is 63.8 Å². The van der Waals surface area contributed by atoms with Gasteiger partial charge in [-0.3, -0.25) is 0 Å². The lowest BCUT2D eigenvalue weighted by Gasteiger charge is -2.17. The fourth-order valence-corrected chi connectivity index (χ4v) is 4.21. The molecule has 0 amide bonds. The van der Waals surface area contributed by atoms with E-state index < -0.39 is 0 Å². The molecule has 0 aromatic carbocycles. The van der Waals surface area contributed by atoms with Crippen molar-refractivity contribution in [2.75, 3.05) is 5.32 Å². The van der Waals surface area contributed by atoms with Crippen LogP contribution in [0.1, 0.15) is 90.4 Å². The largest absolute Gasteiger partial charge is 0.340 e. The van der Waals surface area contributed by atoms with Gasteiger partial charge in [-0.25, -0.2) is 4.98 Å². The summed E-state index contributed by atoms with van der Waals surface area (Å²) < 4.78 is 5.54. The van der Waals surface area contributed by atoms with Gasteiger partial charge in [0, 0.05) is 23.4 Å². The zero-order valence-corrected chi connectivity index (χ0v) is 21.1. The first kappa shape index (κ1) is 25.7. The van der Waals surface area contributed by atoms with Crippen molar-refractivity contribution in [1.29, 1.82) is 0 Å². The van der Waals surface area contributed by atoms with E-state index in [1.54, 1.807) is 6.20 Å². The molecule has 5 heteroatoms. The molecule has 0 saturated heterocycles. The molecule has 0 aliphatic heterocycles. The third kappa shape index (κ3) is 7.54. The average Bonchev–Trinajstić information content (AvgIpc) is 3.35. The van der Waals surface area contributed by atoms with Crippen LogP contribution in [0.4, 0.5) is 5.82 Å². The maximum Gasteiger partial charge on any atom is 0.230 e. The van der Waals surface area contributed by atoms with Gasteiger partial charge < -0.3 is 9.84 Å². The van der Waals surface area contributed by atoms with E-state index in [1.165, 1.54) is 50.5 Å². The minimum atomic E-state index is 0.397. The quantitative estimate of drug-likeness (QED) is 0.254. The van der Waals surface area contributed by atoms with Crippen molar-refractivity contribution in [2.45, 2.75) is 84.5 Å². The van der Waals surface area contributed by atoms with Gasteiger partial charge in [0.15, 0.2) is 0 Å². The Bertz CT molecular complexity index is 993. The van der Waals surface area contributed by atoms with E-state index in [0.717, 1.165) is 35.6 Å². The smallest absolute Gasteiger partial charge is 0.230 e. The Morgan fingerprint density at radius 3 is 2.71 bits per heavy atom. The lowest BCUT2D eigenvalue weighted by atomic mass is 9.89. The van der Waals surface area contributed by atoms with E-state index in [-0.39, 0.29) is 0 Å². The van der Waals surface area contributed by atoms with Crippen LogP contribution in [0.25, 0.3) is 11.4 Å². The molecule has 0 radical (unpaired) electrons. The standard InChI is InChI=1S/C29H40N4O/c1-6-7-9-13-21(2)22(3)14-12-15-23(4)24(5)31-27-19-18-26(20-30-27)28-32-29(34-33-28)25-16-10-8-11-17-25/h12,14-15,18-21,25H,4-11,13,16-17H2,1-3H3,(H,30,31)/b15-12-,22-14+. The van der Waals surface area contributed by atoms with Gasteiger partial charge in [0.1, 0.15) is 5.82 Å². The van der Waals surface area contributed by atoms with Crippen molar-refractivity contribution in [2.24, 2.45) is 5.92 Å². The van der Waals surface area contributed by atoms with Crippen molar-refractivity contribution in [3.63, 3.8) is 0 Å². The number of anilines is 1. The van der Waals surface area contributed by atoms with Crippen LogP contribution in [0.15, 0.2) is 71.1 Å². The normalized spacial score (nSPS) is 16.0. The van der Waals surface area contributed by atoms with Gasteiger partial charge in [0.2, 0.25) is 11.7 Å². The van der Waals surface area contributed by atoms with E-state index in [4.69, 9.17) is 4.52 Å². The first-order valence-corrected chi connectivity index (χ1v) is 12.8. The summed E-state index contributed by atoms with van der Waals surface area (Å²) in [5, 5.41) is 7.40.